The lowest BCUT2D eigenvalue weighted by atomic mass is 9.75. The van der Waals surface area contributed by atoms with Gasteiger partial charge in [0.05, 0.1) is 19.6 Å². The number of nitrogens with one attached hydrogen (secondary N) is 1. The minimum atomic E-state index is -0.405. The fraction of sp³-hybridized carbons (Fsp3) is 0.444. The van der Waals surface area contributed by atoms with Gasteiger partial charge in [-0.1, -0.05) is 24.3 Å². The van der Waals surface area contributed by atoms with E-state index in [1.165, 1.54) is 0 Å². The van der Waals surface area contributed by atoms with Gasteiger partial charge in [0, 0.05) is 30.3 Å². The van der Waals surface area contributed by atoms with Crippen LogP contribution in [0.4, 0.5) is 5.82 Å². The van der Waals surface area contributed by atoms with E-state index in [-0.39, 0.29) is 4.65 Å². The lowest BCUT2D eigenvalue weighted by Crippen LogP contribution is -2.67. The summed E-state index contributed by atoms with van der Waals surface area (Å²) in [5.74, 6) is 1.16. The van der Waals surface area contributed by atoms with E-state index in [2.05, 4.69) is 21.4 Å². The van der Waals surface area contributed by atoms with E-state index in [4.69, 9.17) is 4.74 Å². The van der Waals surface area contributed by atoms with Crippen LogP contribution in [0.25, 0.3) is 10.8 Å². The number of amidine groups is 1. The Morgan fingerprint density at radius 1 is 1.21 bits per heavy atom. The zero-order valence-corrected chi connectivity index (χ0v) is 13.4. The highest BCUT2D eigenvalue weighted by Gasteiger charge is 2.56. The molecule has 6 nitrogen and oxygen atoms in total. The zero-order valence-electron chi connectivity index (χ0n) is 13.4. The van der Waals surface area contributed by atoms with Crippen molar-refractivity contribution in [2.24, 2.45) is 10.9 Å². The average Bonchev–Trinajstić information content (AvgIpc) is 2.97. The number of aliphatic imine (C=N–C) groups is 1. The van der Waals surface area contributed by atoms with Gasteiger partial charge in [-0.25, -0.2) is 9.98 Å². The van der Waals surface area contributed by atoms with Crippen LogP contribution in [0.3, 0.4) is 0 Å². The summed E-state index contributed by atoms with van der Waals surface area (Å²) in [6, 6.07) is 10.6. The Morgan fingerprint density at radius 3 is 2.79 bits per heavy atom. The smallest absolute Gasteiger partial charge is 0.291 e. The van der Waals surface area contributed by atoms with Gasteiger partial charge in [0.15, 0.2) is 5.60 Å². The van der Waals surface area contributed by atoms with Gasteiger partial charge < -0.3 is 14.6 Å². The van der Waals surface area contributed by atoms with Gasteiger partial charge >= 0.3 is 0 Å². The first-order valence-electron chi connectivity index (χ1n) is 8.57. The third-order valence-corrected chi connectivity index (χ3v) is 5.73. The topological polar surface area (TPSA) is 69.6 Å². The summed E-state index contributed by atoms with van der Waals surface area (Å²) < 4.78 is 6.07. The molecule has 0 amide bonds. The average molecular weight is 324 g/mol. The highest BCUT2D eigenvalue weighted by molar-refractivity contribution is 5.92. The van der Waals surface area contributed by atoms with Crippen molar-refractivity contribution < 1.29 is 9.38 Å². The minimum Gasteiger partial charge on any atom is -0.633 e. The summed E-state index contributed by atoms with van der Waals surface area (Å²) >= 11 is 0. The van der Waals surface area contributed by atoms with E-state index < -0.39 is 5.60 Å². The summed E-state index contributed by atoms with van der Waals surface area (Å²) in [4.78, 5) is 8.96. The second-order valence-electron chi connectivity index (χ2n) is 7.27. The third-order valence-electron chi connectivity index (χ3n) is 5.73. The van der Waals surface area contributed by atoms with Crippen LogP contribution in [-0.4, -0.2) is 47.4 Å². The number of quaternary nitrogens is 1. The Hall–Kier alpha value is -2.18. The SMILES string of the molecule is [O-][N+]12CCC(CC1)[C@]1(CN=C(Nc3cc4ccccc4cn3)O1)C2. The van der Waals surface area contributed by atoms with Gasteiger partial charge in [-0.15, -0.1) is 0 Å². The number of aromatic nitrogens is 1. The molecule has 1 N–H and O–H groups in total. The molecule has 0 radical (unpaired) electrons. The van der Waals surface area contributed by atoms with Crippen LogP contribution in [0.1, 0.15) is 12.8 Å². The van der Waals surface area contributed by atoms with Crippen LogP contribution in [0.2, 0.25) is 0 Å². The Bertz CT molecular complexity index is 829. The Morgan fingerprint density at radius 2 is 2.00 bits per heavy atom. The molecule has 4 aliphatic rings. The molecule has 1 atom stereocenters. The van der Waals surface area contributed by atoms with Crippen LogP contribution in [0.15, 0.2) is 41.5 Å². The molecule has 3 saturated heterocycles. The number of hydroxylamine groups is 3. The summed E-state index contributed by atoms with van der Waals surface area (Å²) in [5, 5.41) is 18.1. The lowest BCUT2D eigenvalue weighted by Gasteiger charge is -2.58. The molecular weight excluding hydrogens is 304 g/mol. The number of pyridine rings is 1. The molecule has 3 fully saturated rings. The van der Waals surface area contributed by atoms with Crippen LogP contribution < -0.4 is 5.32 Å². The number of piperidine rings is 3. The Balaban J connectivity index is 1.35. The maximum atomic E-state index is 12.7. The fourth-order valence-electron chi connectivity index (χ4n) is 4.42. The molecule has 0 saturated carbocycles. The molecule has 24 heavy (non-hydrogen) atoms. The van der Waals surface area contributed by atoms with Gasteiger partial charge in [0.1, 0.15) is 12.4 Å². The predicted molar refractivity (Wildman–Crippen MR) is 92.4 cm³/mol. The van der Waals surface area contributed by atoms with Crippen molar-refractivity contribution in [2.75, 3.05) is 31.5 Å². The van der Waals surface area contributed by atoms with Gasteiger partial charge in [0.25, 0.3) is 6.02 Å². The molecule has 4 aliphatic heterocycles. The summed E-state index contributed by atoms with van der Waals surface area (Å²) in [7, 11) is 0. The first-order chi connectivity index (χ1) is 11.6. The molecule has 0 aliphatic carbocycles. The molecule has 6 rings (SSSR count). The molecule has 2 aromatic rings. The van der Waals surface area contributed by atoms with E-state index >= 15 is 0 Å². The highest BCUT2D eigenvalue weighted by Crippen LogP contribution is 2.44. The van der Waals surface area contributed by atoms with Crippen molar-refractivity contribution in [3.8, 4) is 0 Å². The second-order valence-corrected chi connectivity index (χ2v) is 7.27. The molecule has 0 unspecified atom stereocenters. The molecule has 1 spiro atoms. The highest BCUT2D eigenvalue weighted by atomic mass is 16.6. The minimum absolute atomic E-state index is 0.118. The molecule has 1 aromatic heterocycles. The maximum absolute atomic E-state index is 12.7. The first kappa shape index (κ1) is 14.2. The van der Waals surface area contributed by atoms with E-state index in [0.717, 1.165) is 42.5 Å². The number of anilines is 1. The number of rotatable bonds is 1. The lowest BCUT2D eigenvalue weighted by molar-refractivity contribution is -0.905. The zero-order chi connectivity index (χ0) is 16.2. The van der Waals surface area contributed by atoms with Crippen molar-refractivity contribution in [2.45, 2.75) is 18.4 Å². The number of hydrogen-bond donors (Lipinski definition) is 1. The van der Waals surface area contributed by atoms with E-state index in [9.17, 15) is 5.21 Å². The Kier molecular flexibility index (Phi) is 2.90. The van der Waals surface area contributed by atoms with Gasteiger partial charge in [-0.2, -0.15) is 0 Å². The summed E-state index contributed by atoms with van der Waals surface area (Å²) in [6.45, 7) is 2.56. The number of ether oxygens (including phenoxy) is 1. The van der Waals surface area contributed by atoms with Crippen molar-refractivity contribution in [1.29, 1.82) is 0 Å². The number of fused-ring (bicyclic) bond motifs is 3. The third kappa shape index (κ3) is 2.17. The predicted octanol–water partition coefficient (Wildman–Crippen LogP) is 2.51. The Labute approximate surface area is 140 Å². The molecule has 1 aromatic carbocycles. The van der Waals surface area contributed by atoms with Crippen LogP contribution in [0.5, 0.6) is 0 Å². The van der Waals surface area contributed by atoms with Crippen molar-refractivity contribution in [3.63, 3.8) is 0 Å². The van der Waals surface area contributed by atoms with Crippen LogP contribution in [-0.2, 0) is 4.74 Å². The van der Waals surface area contributed by atoms with E-state index in [0.29, 0.717) is 25.0 Å². The van der Waals surface area contributed by atoms with E-state index in [1.807, 2.05) is 30.5 Å². The summed E-state index contributed by atoms with van der Waals surface area (Å²) in [6.07, 6.45) is 3.73. The summed E-state index contributed by atoms with van der Waals surface area (Å²) in [5.41, 5.74) is -0.405. The van der Waals surface area contributed by atoms with E-state index in [1.54, 1.807) is 0 Å². The standard InChI is InChI=1S/C18H20N4O2/c23-22-7-5-15(6-8-22)18(12-22)11-20-17(24-18)21-16-9-13-3-1-2-4-14(13)10-19-16/h1-4,9-10,15H,5-8,11-12H2,(H,19,20,21)/t15?,18-,22?/m0/s1. The molecular formula is C18H20N4O2. The molecule has 2 bridgehead atoms. The monoisotopic (exact) mass is 324 g/mol. The molecule has 5 heterocycles. The van der Waals surface area contributed by atoms with Gasteiger partial charge in [-0.05, 0) is 11.5 Å². The largest absolute Gasteiger partial charge is 0.633 e. The molecule has 124 valence electrons. The van der Waals surface area contributed by atoms with Crippen LogP contribution in [0, 0.1) is 11.1 Å². The van der Waals surface area contributed by atoms with Crippen molar-refractivity contribution >= 4 is 22.6 Å². The molecule has 6 heteroatoms. The fourth-order valence-corrected chi connectivity index (χ4v) is 4.42. The van der Waals surface area contributed by atoms with Crippen molar-refractivity contribution in [1.82, 2.24) is 4.98 Å². The van der Waals surface area contributed by atoms with Gasteiger partial charge in [-0.3, -0.25) is 5.32 Å². The second kappa shape index (κ2) is 4.91. The normalized spacial score (nSPS) is 34.4. The van der Waals surface area contributed by atoms with Crippen molar-refractivity contribution in [3.05, 3.63) is 41.7 Å². The van der Waals surface area contributed by atoms with Crippen LogP contribution >= 0.6 is 0 Å². The first-order valence-corrected chi connectivity index (χ1v) is 8.57. The number of hydrogen-bond acceptors (Lipinski definition) is 5. The maximum Gasteiger partial charge on any atom is 0.291 e. The number of nitrogens with zero attached hydrogens (tertiary/aromatic N) is 3. The quantitative estimate of drug-likeness (QED) is 0.646. The van der Waals surface area contributed by atoms with Gasteiger partial charge in [0.2, 0.25) is 0 Å². The number of benzene rings is 1.